The minimum absolute atomic E-state index is 0.142. The third-order valence-electron chi connectivity index (χ3n) is 2.99. The molecule has 0 aliphatic rings. The Balaban J connectivity index is 2.48. The van der Waals surface area contributed by atoms with Crippen LogP contribution in [0.5, 0.6) is 0 Å². The number of amides is 1. The van der Waals surface area contributed by atoms with E-state index < -0.39 is 0 Å². The summed E-state index contributed by atoms with van der Waals surface area (Å²) in [5.74, 6) is 0.158. The third kappa shape index (κ3) is 4.97. The van der Waals surface area contributed by atoms with Crippen LogP contribution in [0.2, 0.25) is 0 Å². The molecule has 7 heteroatoms. The molecule has 0 saturated heterocycles. The van der Waals surface area contributed by atoms with Gasteiger partial charge in [-0.05, 0) is 19.5 Å². The second kappa shape index (κ2) is 8.76. The molecule has 1 aromatic rings. The number of nitrogens with two attached hydrogens (primary N) is 1. The number of aromatic nitrogens is 1. The van der Waals surface area contributed by atoms with Gasteiger partial charge in [0.15, 0.2) is 5.13 Å². The van der Waals surface area contributed by atoms with Crippen molar-refractivity contribution in [3.05, 3.63) is 4.88 Å². The summed E-state index contributed by atoms with van der Waals surface area (Å²) in [6, 6.07) is 0. The smallest absolute Gasteiger partial charge is 0.265 e. The van der Waals surface area contributed by atoms with Crippen molar-refractivity contribution >= 4 is 28.2 Å². The van der Waals surface area contributed by atoms with Gasteiger partial charge in [-0.1, -0.05) is 32.1 Å². The molecule has 0 unspecified atom stereocenters. The van der Waals surface area contributed by atoms with Crippen molar-refractivity contribution < 1.29 is 4.79 Å². The quantitative estimate of drug-likeness (QED) is 0.645. The lowest BCUT2D eigenvalue weighted by Crippen LogP contribution is -2.34. The standard InChI is InChI=1S/C13H25N5OS/c1-4-7-16-13-17-11(14)10(20-13)12(19)15-8-9-18(5-2)6-3/h4-9,14H2,1-3H3,(H,15,19)(H,16,17). The van der Waals surface area contributed by atoms with Gasteiger partial charge in [0.25, 0.3) is 5.91 Å². The van der Waals surface area contributed by atoms with Gasteiger partial charge in [0.05, 0.1) is 0 Å². The highest BCUT2D eigenvalue weighted by molar-refractivity contribution is 7.18. The lowest BCUT2D eigenvalue weighted by molar-refractivity contribution is 0.0953. The fraction of sp³-hybridized carbons (Fsp3) is 0.692. The molecule has 0 radical (unpaired) electrons. The van der Waals surface area contributed by atoms with Gasteiger partial charge in [-0.2, -0.15) is 0 Å². The highest BCUT2D eigenvalue weighted by atomic mass is 32.1. The van der Waals surface area contributed by atoms with Crippen molar-refractivity contribution in [1.82, 2.24) is 15.2 Å². The molecule has 1 rings (SSSR count). The van der Waals surface area contributed by atoms with Crippen molar-refractivity contribution in [2.75, 3.05) is 43.8 Å². The number of nitrogens with zero attached hydrogens (tertiary/aromatic N) is 2. The molecule has 20 heavy (non-hydrogen) atoms. The first kappa shape index (κ1) is 16.7. The summed E-state index contributed by atoms with van der Waals surface area (Å²) in [6.45, 7) is 10.6. The van der Waals surface area contributed by atoms with E-state index in [1.54, 1.807) is 0 Å². The number of likely N-dealkylation sites (N-methyl/N-ethyl adjacent to an activating group) is 1. The predicted octanol–water partition coefficient (Wildman–Crippen LogP) is 1.62. The Morgan fingerprint density at radius 3 is 2.60 bits per heavy atom. The molecule has 1 aromatic heterocycles. The first-order valence-corrected chi connectivity index (χ1v) is 7.94. The van der Waals surface area contributed by atoms with Gasteiger partial charge in [0.1, 0.15) is 10.7 Å². The molecule has 6 nitrogen and oxygen atoms in total. The van der Waals surface area contributed by atoms with Crippen LogP contribution in [0, 0.1) is 0 Å². The maximum Gasteiger partial charge on any atom is 0.265 e. The van der Waals surface area contributed by atoms with E-state index in [4.69, 9.17) is 5.73 Å². The van der Waals surface area contributed by atoms with Gasteiger partial charge in [-0.15, -0.1) is 0 Å². The Morgan fingerprint density at radius 1 is 1.30 bits per heavy atom. The number of hydrogen-bond acceptors (Lipinski definition) is 6. The third-order valence-corrected chi connectivity index (χ3v) is 4.02. The number of hydrogen-bond donors (Lipinski definition) is 3. The summed E-state index contributed by atoms with van der Waals surface area (Å²) >= 11 is 1.31. The summed E-state index contributed by atoms with van der Waals surface area (Å²) in [6.07, 6.45) is 1.00. The van der Waals surface area contributed by atoms with Crippen molar-refractivity contribution in [3.63, 3.8) is 0 Å². The SMILES string of the molecule is CCCNc1nc(N)c(C(=O)NCCN(CC)CC)s1. The summed E-state index contributed by atoms with van der Waals surface area (Å²) in [7, 11) is 0. The zero-order chi connectivity index (χ0) is 15.0. The fourth-order valence-corrected chi connectivity index (χ4v) is 2.58. The molecule has 1 heterocycles. The van der Waals surface area contributed by atoms with Crippen LogP contribution in [0.15, 0.2) is 0 Å². The minimum atomic E-state index is -0.142. The molecule has 0 atom stereocenters. The highest BCUT2D eigenvalue weighted by Gasteiger charge is 2.15. The lowest BCUT2D eigenvalue weighted by atomic mass is 10.4. The van der Waals surface area contributed by atoms with E-state index in [1.807, 2.05) is 0 Å². The second-order valence-electron chi connectivity index (χ2n) is 4.44. The molecular weight excluding hydrogens is 274 g/mol. The topological polar surface area (TPSA) is 83.3 Å². The molecule has 114 valence electrons. The highest BCUT2D eigenvalue weighted by Crippen LogP contribution is 2.24. The lowest BCUT2D eigenvalue weighted by Gasteiger charge is -2.17. The summed E-state index contributed by atoms with van der Waals surface area (Å²) < 4.78 is 0. The maximum atomic E-state index is 12.0. The van der Waals surface area contributed by atoms with Gasteiger partial charge in [0, 0.05) is 19.6 Å². The Hall–Kier alpha value is -1.34. The van der Waals surface area contributed by atoms with Crippen molar-refractivity contribution in [3.8, 4) is 0 Å². The number of nitrogens with one attached hydrogen (secondary N) is 2. The van der Waals surface area contributed by atoms with E-state index in [-0.39, 0.29) is 5.91 Å². The van der Waals surface area contributed by atoms with E-state index in [0.717, 1.165) is 32.6 Å². The minimum Gasteiger partial charge on any atom is -0.382 e. The first-order valence-electron chi connectivity index (χ1n) is 7.13. The van der Waals surface area contributed by atoms with Crippen LogP contribution in [-0.4, -0.2) is 48.5 Å². The summed E-state index contributed by atoms with van der Waals surface area (Å²) in [5, 5.41) is 6.74. The van der Waals surface area contributed by atoms with E-state index in [1.165, 1.54) is 11.3 Å². The van der Waals surface area contributed by atoms with E-state index in [9.17, 15) is 4.79 Å². The van der Waals surface area contributed by atoms with Gasteiger partial charge in [0.2, 0.25) is 0 Å². The molecule has 0 bridgehead atoms. The Kier molecular flexibility index (Phi) is 7.32. The van der Waals surface area contributed by atoms with Crippen LogP contribution >= 0.6 is 11.3 Å². The van der Waals surface area contributed by atoms with Crippen molar-refractivity contribution in [1.29, 1.82) is 0 Å². The van der Waals surface area contributed by atoms with Gasteiger partial charge < -0.3 is 21.3 Å². The average molecular weight is 299 g/mol. The molecule has 0 fully saturated rings. The summed E-state index contributed by atoms with van der Waals surface area (Å²) in [5.41, 5.74) is 5.79. The number of carbonyl (C=O) groups excluding carboxylic acids is 1. The molecule has 4 N–H and O–H groups in total. The van der Waals surface area contributed by atoms with Crippen LogP contribution in [0.3, 0.4) is 0 Å². The molecule has 0 aromatic carbocycles. The molecule has 0 saturated carbocycles. The van der Waals surface area contributed by atoms with Crippen LogP contribution < -0.4 is 16.4 Å². The van der Waals surface area contributed by atoms with Crippen LogP contribution in [-0.2, 0) is 0 Å². The largest absolute Gasteiger partial charge is 0.382 e. The van der Waals surface area contributed by atoms with Gasteiger partial charge in [-0.25, -0.2) is 4.98 Å². The number of carbonyl (C=O) groups is 1. The van der Waals surface area contributed by atoms with Crippen molar-refractivity contribution in [2.24, 2.45) is 0 Å². The maximum absolute atomic E-state index is 12.0. The molecule has 1 amide bonds. The average Bonchev–Trinajstić information content (AvgIpc) is 2.82. The van der Waals surface area contributed by atoms with Gasteiger partial charge in [-0.3, -0.25) is 4.79 Å². The van der Waals surface area contributed by atoms with E-state index >= 15 is 0 Å². The Morgan fingerprint density at radius 2 is 2.00 bits per heavy atom. The monoisotopic (exact) mass is 299 g/mol. The Labute approximate surface area is 124 Å². The van der Waals surface area contributed by atoms with E-state index in [0.29, 0.717) is 22.4 Å². The van der Waals surface area contributed by atoms with Crippen LogP contribution in [0.25, 0.3) is 0 Å². The number of thiazole rings is 1. The van der Waals surface area contributed by atoms with Crippen LogP contribution in [0.4, 0.5) is 10.9 Å². The molecule has 0 aliphatic heterocycles. The van der Waals surface area contributed by atoms with Gasteiger partial charge >= 0.3 is 0 Å². The molecule has 0 spiro atoms. The van der Waals surface area contributed by atoms with Crippen molar-refractivity contribution in [2.45, 2.75) is 27.2 Å². The number of rotatable bonds is 9. The Bertz CT molecular complexity index is 417. The predicted molar refractivity (Wildman–Crippen MR) is 85.4 cm³/mol. The van der Waals surface area contributed by atoms with E-state index in [2.05, 4.69) is 41.3 Å². The zero-order valence-corrected chi connectivity index (χ0v) is 13.3. The second-order valence-corrected chi connectivity index (χ2v) is 5.44. The normalized spacial score (nSPS) is 10.8. The number of nitrogen functional groups attached to an aromatic ring is 1. The molecular formula is C13H25N5OS. The molecule has 0 aliphatic carbocycles. The zero-order valence-electron chi connectivity index (χ0n) is 12.5. The fourth-order valence-electron chi connectivity index (χ4n) is 1.75. The number of anilines is 2. The summed E-state index contributed by atoms with van der Waals surface area (Å²) in [4.78, 5) is 18.9. The first-order chi connectivity index (χ1) is 9.62. The van der Waals surface area contributed by atoms with Crippen LogP contribution in [0.1, 0.15) is 36.9 Å².